The Kier molecular flexibility index (Phi) is 4.31. The highest BCUT2D eigenvalue weighted by atomic mass is 32.1. The lowest BCUT2D eigenvalue weighted by Gasteiger charge is -2.11. The zero-order chi connectivity index (χ0) is 17.1. The van der Waals surface area contributed by atoms with Gasteiger partial charge < -0.3 is 14.9 Å². The molecule has 0 fully saturated rings. The molecule has 0 aliphatic heterocycles. The molecule has 1 heterocycles. The lowest BCUT2D eigenvalue weighted by atomic mass is 9.95. The summed E-state index contributed by atoms with van der Waals surface area (Å²) in [6.07, 6.45) is 4.99. The van der Waals surface area contributed by atoms with Crippen LogP contribution >= 0.6 is 11.3 Å². The summed E-state index contributed by atoms with van der Waals surface area (Å²) in [4.78, 5) is 22.8. The number of ether oxygens (including phenoxy) is 1. The maximum atomic E-state index is 11.4. The Labute approximate surface area is 141 Å². The van der Waals surface area contributed by atoms with Crippen molar-refractivity contribution in [1.29, 1.82) is 0 Å². The summed E-state index contributed by atoms with van der Waals surface area (Å²) in [5.41, 5.74) is 2.46. The van der Waals surface area contributed by atoms with E-state index in [0.717, 1.165) is 21.6 Å². The first-order chi connectivity index (χ1) is 11.5. The fourth-order valence-electron chi connectivity index (χ4n) is 2.30. The molecule has 1 aliphatic carbocycles. The second-order valence-corrected chi connectivity index (χ2v) is 5.98. The van der Waals surface area contributed by atoms with Crippen LogP contribution in [0.3, 0.4) is 0 Å². The minimum Gasteiger partial charge on any atom is -0.508 e. The fourth-order valence-corrected chi connectivity index (χ4v) is 3.24. The normalized spacial score (nSPS) is 13.2. The van der Waals surface area contributed by atoms with Crippen LogP contribution in [0.1, 0.15) is 10.4 Å². The summed E-state index contributed by atoms with van der Waals surface area (Å²) in [5.74, 6) is 0.0546. The first kappa shape index (κ1) is 15.8. The van der Waals surface area contributed by atoms with E-state index in [-0.39, 0.29) is 16.6 Å². The number of allylic oxidation sites excluding steroid dienone is 5. The smallest absolute Gasteiger partial charge is 0.508 e. The molecule has 24 heavy (non-hydrogen) atoms. The van der Waals surface area contributed by atoms with Crippen molar-refractivity contribution >= 4 is 28.8 Å². The van der Waals surface area contributed by atoms with E-state index < -0.39 is 6.16 Å². The van der Waals surface area contributed by atoms with Gasteiger partial charge in [0.15, 0.2) is 10.8 Å². The summed E-state index contributed by atoms with van der Waals surface area (Å²) >= 11 is 1.19. The second kappa shape index (κ2) is 6.55. The molecule has 0 atom stereocenters. The van der Waals surface area contributed by atoms with E-state index in [1.54, 1.807) is 48.6 Å². The van der Waals surface area contributed by atoms with Crippen LogP contribution in [0.25, 0.3) is 5.57 Å². The monoisotopic (exact) mass is 340 g/mol. The Morgan fingerprint density at radius 1 is 0.958 bits per heavy atom. The van der Waals surface area contributed by atoms with Gasteiger partial charge in [-0.2, -0.15) is 0 Å². The van der Waals surface area contributed by atoms with Gasteiger partial charge in [0.25, 0.3) is 0 Å². The zero-order valence-corrected chi connectivity index (χ0v) is 13.1. The van der Waals surface area contributed by atoms with E-state index in [9.17, 15) is 14.7 Å². The quantitative estimate of drug-likeness (QED) is 0.825. The minimum atomic E-state index is -1.37. The van der Waals surface area contributed by atoms with E-state index in [1.165, 1.54) is 23.5 Å². The van der Waals surface area contributed by atoms with E-state index in [1.807, 2.05) is 0 Å². The first-order valence-electron chi connectivity index (χ1n) is 6.98. The van der Waals surface area contributed by atoms with Gasteiger partial charge in [0, 0.05) is 10.5 Å². The Bertz CT molecular complexity index is 866. The van der Waals surface area contributed by atoms with E-state index in [4.69, 9.17) is 5.11 Å². The molecule has 6 heteroatoms. The van der Waals surface area contributed by atoms with Crippen LogP contribution < -0.4 is 4.74 Å². The lowest BCUT2D eigenvalue weighted by molar-refractivity contribution is -0.110. The number of aromatic hydroxyl groups is 1. The summed E-state index contributed by atoms with van der Waals surface area (Å²) < 4.78 is 4.69. The minimum absolute atomic E-state index is 0.0927. The number of rotatable bonds is 3. The number of hydrogen-bond donors (Lipinski definition) is 2. The van der Waals surface area contributed by atoms with Gasteiger partial charge in [-0.25, -0.2) is 4.79 Å². The van der Waals surface area contributed by atoms with Gasteiger partial charge in [-0.1, -0.05) is 35.6 Å². The van der Waals surface area contributed by atoms with E-state index in [0.29, 0.717) is 0 Å². The van der Waals surface area contributed by atoms with Crippen LogP contribution in [0, 0.1) is 0 Å². The topological polar surface area (TPSA) is 83.8 Å². The van der Waals surface area contributed by atoms with Crippen molar-refractivity contribution in [1.82, 2.24) is 0 Å². The van der Waals surface area contributed by atoms with Gasteiger partial charge in [-0.15, -0.1) is 0 Å². The molecular weight excluding hydrogens is 328 g/mol. The third-order valence-corrected chi connectivity index (χ3v) is 4.30. The van der Waals surface area contributed by atoms with Crippen molar-refractivity contribution < 1.29 is 24.5 Å². The highest BCUT2D eigenvalue weighted by Gasteiger charge is 2.15. The number of ketones is 1. The highest BCUT2D eigenvalue weighted by molar-refractivity contribution is 7.15. The molecule has 5 nitrogen and oxygen atoms in total. The second-order valence-electron chi connectivity index (χ2n) is 4.93. The third-order valence-electron chi connectivity index (χ3n) is 3.31. The largest absolute Gasteiger partial charge is 0.512 e. The Morgan fingerprint density at radius 3 is 2.25 bits per heavy atom. The van der Waals surface area contributed by atoms with E-state index in [2.05, 4.69) is 4.74 Å². The number of carbonyl (C=O) groups excluding carboxylic acids is 1. The molecule has 2 N–H and O–H groups in total. The van der Waals surface area contributed by atoms with Crippen LogP contribution in [0.5, 0.6) is 10.8 Å². The average Bonchev–Trinajstić information content (AvgIpc) is 2.98. The maximum absolute atomic E-state index is 11.4. The molecule has 0 saturated heterocycles. The number of thiophene rings is 1. The summed E-state index contributed by atoms with van der Waals surface area (Å²) in [6, 6.07) is 9.99. The van der Waals surface area contributed by atoms with Crippen molar-refractivity contribution in [2.24, 2.45) is 0 Å². The summed E-state index contributed by atoms with van der Waals surface area (Å²) in [5, 5.41) is 18.5. The molecule has 0 saturated carbocycles. The molecule has 3 rings (SSSR count). The SMILES string of the molecule is O=C1C=CC(=C(c2ccc(O)cc2)c2ccc(OC(=O)O)s2)C=C1. The van der Waals surface area contributed by atoms with E-state index >= 15 is 0 Å². The summed E-state index contributed by atoms with van der Waals surface area (Å²) in [7, 11) is 0. The summed E-state index contributed by atoms with van der Waals surface area (Å²) in [6.45, 7) is 0. The first-order valence-corrected chi connectivity index (χ1v) is 7.79. The highest BCUT2D eigenvalue weighted by Crippen LogP contribution is 2.37. The van der Waals surface area contributed by atoms with Gasteiger partial charge >= 0.3 is 6.16 Å². The number of carbonyl (C=O) groups is 2. The van der Waals surface area contributed by atoms with Crippen molar-refractivity contribution in [2.75, 3.05) is 0 Å². The van der Waals surface area contributed by atoms with Crippen molar-refractivity contribution in [3.63, 3.8) is 0 Å². The van der Waals surface area contributed by atoms with Crippen molar-refractivity contribution in [3.8, 4) is 10.8 Å². The third kappa shape index (κ3) is 3.44. The number of carboxylic acid groups (broad SMARTS) is 1. The molecule has 0 unspecified atom stereocenters. The molecule has 0 spiro atoms. The predicted octanol–water partition coefficient (Wildman–Crippen LogP) is 4.01. The number of phenolic OH excluding ortho intramolecular Hbond substituents is 1. The van der Waals surface area contributed by atoms with Crippen molar-refractivity contribution in [3.05, 3.63) is 76.7 Å². The van der Waals surface area contributed by atoms with Gasteiger partial charge in [-0.3, -0.25) is 4.79 Å². The predicted molar refractivity (Wildman–Crippen MR) is 90.4 cm³/mol. The molecule has 0 bridgehead atoms. The number of benzene rings is 1. The molecule has 0 radical (unpaired) electrons. The standard InChI is InChI=1S/C18H12O5S/c19-13-5-1-11(2-6-13)17(12-3-7-14(20)8-4-12)15-9-10-16(24-15)23-18(21)22/h1-10,19H,(H,21,22). The average molecular weight is 340 g/mol. The van der Waals surface area contributed by atoms with Crippen LogP contribution in [0.4, 0.5) is 4.79 Å². The van der Waals surface area contributed by atoms with Gasteiger partial charge in [0.2, 0.25) is 0 Å². The lowest BCUT2D eigenvalue weighted by Crippen LogP contribution is -2.00. The zero-order valence-electron chi connectivity index (χ0n) is 12.3. The van der Waals surface area contributed by atoms with Crippen LogP contribution in [0.2, 0.25) is 0 Å². The Hall–Kier alpha value is -3.12. The maximum Gasteiger partial charge on any atom is 0.512 e. The molecule has 1 aromatic heterocycles. The Balaban J connectivity index is 2.11. The van der Waals surface area contributed by atoms with Crippen LogP contribution in [-0.2, 0) is 4.79 Å². The molecule has 1 aliphatic rings. The van der Waals surface area contributed by atoms with Gasteiger partial charge in [-0.05, 0) is 47.6 Å². The number of phenols is 1. The van der Waals surface area contributed by atoms with Crippen LogP contribution in [0.15, 0.2) is 66.3 Å². The van der Waals surface area contributed by atoms with Gasteiger partial charge in [0.1, 0.15) is 5.75 Å². The van der Waals surface area contributed by atoms with Crippen molar-refractivity contribution in [2.45, 2.75) is 0 Å². The molecular formula is C18H12O5S. The molecule has 120 valence electrons. The molecule has 2 aromatic rings. The molecule has 0 amide bonds. The van der Waals surface area contributed by atoms with Gasteiger partial charge in [0.05, 0.1) is 0 Å². The fraction of sp³-hybridized carbons (Fsp3) is 0. The van der Waals surface area contributed by atoms with Crippen LogP contribution in [-0.4, -0.2) is 22.2 Å². The Morgan fingerprint density at radius 2 is 1.62 bits per heavy atom. The number of hydrogen-bond acceptors (Lipinski definition) is 5. The molecule has 1 aromatic carbocycles.